The molecule has 27 heavy (non-hydrogen) atoms. The number of rotatable bonds is 5. The van der Waals surface area contributed by atoms with E-state index in [2.05, 4.69) is 0 Å². The minimum Gasteiger partial charge on any atom is -0.497 e. The van der Waals surface area contributed by atoms with Crippen LogP contribution in [0.5, 0.6) is 5.75 Å². The van der Waals surface area contributed by atoms with Crippen molar-refractivity contribution >= 4 is 22.6 Å². The first-order valence-electron chi connectivity index (χ1n) is 7.92. The summed E-state index contributed by atoms with van der Waals surface area (Å²) in [5.74, 6) is -0.121. The standard InChI is InChI=1S/C19H15NO7/c1-11-7-12(3-6-16(11)20(23)24)19(22)26-10-13-8-18(21)27-17-9-14(25-2)4-5-15(13)17/h3-9H,10H2,1-2H3. The summed E-state index contributed by atoms with van der Waals surface area (Å²) in [5.41, 5.74) is 0.689. The van der Waals surface area contributed by atoms with Crippen molar-refractivity contribution in [1.29, 1.82) is 0 Å². The van der Waals surface area contributed by atoms with Gasteiger partial charge in [0, 0.05) is 34.7 Å². The van der Waals surface area contributed by atoms with Gasteiger partial charge in [-0.1, -0.05) is 0 Å². The molecule has 0 bridgehead atoms. The van der Waals surface area contributed by atoms with E-state index in [4.69, 9.17) is 13.9 Å². The van der Waals surface area contributed by atoms with Crippen molar-refractivity contribution in [3.05, 3.63) is 79.7 Å². The van der Waals surface area contributed by atoms with E-state index in [1.807, 2.05) is 0 Å². The SMILES string of the molecule is COc1ccc2c(COC(=O)c3ccc([N+](=O)[O-])c(C)c3)cc(=O)oc2c1. The molecule has 8 heteroatoms. The maximum Gasteiger partial charge on any atom is 0.338 e. The third-order valence-corrected chi connectivity index (χ3v) is 4.03. The van der Waals surface area contributed by atoms with Crippen LogP contribution in [0.25, 0.3) is 11.0 Å². The third-order valence-electron chi connectivity index (χ3n) is 4.03. The van der Waals surface area contributed by atoms with Crippen molar-refractivity contribution in [3.63, 3.8) is 0 Å². The van der Waals surface area contributed by atoms with Crippen LogP contribution in [0.4, 0.5) is 5.69 Å². The lowest BCUT2D eigenvalue weighted by Crippen LogP contribution is -2.08. The van der Waals surface area contributed by atoms with Gasteiger partial charge in [0.25, 0.3) is 5.69 Å². The van der Waals surface area contributed by atoms with Gasteiger partial charge in [0.2, 0.25) is 0 Å². The van der Waals surface area contributed by atoms with Gasteiger partial charge in [-0.05, 0) is 31.2 Å². The Morgan fingerprint density at radius 1 is 1.19 bits per heavy atom. The minimum absolute atomic E-state index is 0.0767. The number of benzene rings is 2. The van der Waals surface area contributed by atoms with Crippen LogP contribution in [0.1, 0.15) is 21.5 Å². The third kappa shape index (κ3) is 3.79. The molecule has 2 aromatic carbocycles. The highest BCUT2D eigenvalue weighted by Crippen LogP contribution is 2.24. The Kier molecular flexibility index (Phi) is 4.89. The molecule has 3 rings (SSSR count). The lowest BCUT2D eigenvalue weighted by molar-refractivity contribution is -0.385. The Labute approximate surface area is 153 Å². The Morgan fingerprint density at radius 2 is 1.96 bits per heavy atom. The number of carbonyl (C=O) groups excluding carboxylic acids is 1. The van der Waals surface area contributed by atoms with E-state index in [9.17, 15) is 19.7 Å². The first kappa shape index (κ1) is 18.1. The summed E-state index contributed by atoms with van der Waals surface area (Å²) in [6.45, 7) is 1.39. The molecule has 0 N–H and O–H groups in total. The summed E-state index contributed by atoms with van der Waals surface area (Å²) in [6.07, 6.45) is 0. The lowest BCUT2D eigenvalue weighted by Gasteiger charge is -2.08. The molecular formula is C19H15NO7. The number of methoxy groups -OCH3 is 1. The zero-order valence-corrected chi connectivity index (χ0v) is 14.6. The molecule has 138 valence electrons. The number of carbonyl (C=O) groups is 1. The quantitative estimate of drug-likeness (QED) is 0.293. The molecule has 1 aromatic heterocycles. The number of hydrogen-bond acceptors (Lipinski definition) is 7. The normalized spacial score (nSPS) is 10.6. The summed E-state index contributed by atoms with van der Waals surface area (Å²) in [7, 11) is 1.50. The molecule has 0 unspecified atom stereocenters. The largest absolute Gasteiger partial charge is 0.497 e. The highest BCUT2D eigenvalue weighted by molar-refractivity contribution is 5.90. The first-order valence-corrected chi connectivity index (χ1v) is 7.92. The highest BCUT2D eigenvalue weighted by Gasteiger charge is 2.16. The van der Waals surface area contributed by atoms with E-state index >= 15 is 0 Å². The van der Waals surface area contributed by atoms with Gasteiger partial charge < -0.3 is 13.9 Å². The molecule has 0 saturated heterocycles. The van der Waals surface area contributed by atoms with Crippen molar-refractivity contribution < 1.29 is 23.6 Å². The molecule has 0 fully saturated rings. The molecule has 0 amide bonds. The van der Waals surface area contributed by atoms with Crippen molar-refractivity contribution in [2.75, 3.05) is 7.11 Å². The summed E-state index contributed by atoms with van der Waals surface area (Å²) in [4.78, 5) is 34.3. The number of ether oxygens (including phenoxy) is 2. The molecule has 0 aliphatic carbocycles. The smallest absolute Gasteiger partial charge is 0.338 e. The first-order chi connectivity index (χ1) is 12.9. The molecule has 1 heterocycles. The molecule has 0 radical (unpaired) electrons. The predicted molar refractivity (Wildman–Crippen MR) is 96.0 cm³/mol. The van der Waals surface area contributed by atoms with Gasteiger partial charge in [0.05, 0.1) is 17.6 Å². The van der Waals surface area contributed by atoms with Gasteiger partial charge in [-0.3, -0.25) is 10.1 Å². The molecular weight excluding hydrogens is 354 g/mol. The van der Waals surface area contributed by atoms with Crippen LogP contribution in [0.3, 0.4) is 0 Å². The number of nitro groups is 1. The van der Waals surface area contributed by atoms with Gasteiger partial charge in [-0.25, -0.2) is 9.59 Å². The average Bonchev–Trinajstić information content (AvgIpc) is 2.64. The molecule has 0 aliphatic heterocycles. The van der Waals surface area contributed by atoms with Gasteiger partial charge in [0.15, 0.2) is 0 Å². The highest BCUT2D eigenvalue weighted by atomic mass is 16.6. The maximum atomic E-state index is 12.3. The predicted octanol–water partition coefficient (Wildman–Crippen LogP) is 3.38. The second-order valence-electron chi connectivity index (χ2n) is 5.79. The number of nitrogens with zero attached hydrogens (tertiary/aromatic N) is 1. The van der Waals surface area contributed by atoms with E-state index in [-0.39, 0.29) is 17.9 Å². The maximum absolute atomic E-state index is 12.3. The molecule has 0 atom stereocenters. The summed E-state index contributed by atoms with van der Waals surface area (Å²) >= 11 is 0. The zero-order valence-electron chi connectivity index (χ0n) is 14.6. The fourth-order valence-electron chi connectivity index (χ4n) is 2.67. The van der Waals surface area contributed by atoms with Gasteiger partial charge >= 0.3 is 11.6 Å². The number of aryl methyl sites for hydroxylation is 1. The topological polar surface area (TPSA) is 109 Å². The zero-order chi connectivity index (χ0) is 19.6. The van der Waals surface area contributed by atoms with Crippen LogP contribution < -0.4 is 10.4 Å². The molecule has 0 spiro atoms. The fourth-order valence-corrected chi connectivity index (χ4v) is 2.67. The number of hydrogen-bond donors (Lipinski definition) is 0. The molecule has 0 aliphatic rings. The fraction of sp³-hybridized carbons (Fsp3) is 0.158. The van der Waals surface area contributed by atoms with E-state index in [0.717, 1.165) is 0 Å². The Hall–Kier alpha value is -3.68. The average molecular weight is 369 g/mol. The van der Waals surface area contributed by atoms with Crippen molar-refractivity contribution in [2.45, 2.75) is 13.5 Å². The Morgan fingerprint density at radius 3 is 2.63 bits per heavy atom. The Balaban J connectivity index is 1.84. The van der Waals surface area contributed by atoms with Gasteiger partial charge in [0.1, 0.15) is 17.9 Å². The van der Waals surface area contributed by atoms with Crippen LogP contribution >= 0.6 is 0 Å². The second kappa shape index (κ2) is 7.28. The van der Waals surface area contributed by atoms with Crippen molar-refractivity contribution in [3.8, 4) is 5.75 Å². The van der Waals surface area contributed by atoms with Crippen LogP contribution in [0.15, 0.2) is 51.7 Å². The summed E-state index contributed by atoms with van der Waals surface area (Å²) < 4.78 is 15.5. The van der Waals surface area contributed by atoms with Crippen LogP contribution in [0.2, 0.25) is 0 Å². The van der Waals surface area contributed by atoms with Crippen molar-refractivity contribution in [2.24, 2.45) is 0 Å². The number of nitro benzene ring substituents is 1. The summed E-state index contributed by atoms with van der Waals surface area (Å²) in [6, 6.07) is 10.2. The van der Waals surface area contributed by atoms with E-state index < -0.39 is 16.5 Å². The number of fused-ring (bicyclic) bond motifs is 1. The van der Waals surface area contributed by atoms with E-state index in [0.29, 0.717) is 27.8 Å². The summed E-state index contributed by atoms with van der Waals surface area (Å²) in [5, 5.41) is 11.5. The lowest BCUT2D eigenvalue weighted by atomic mass is 10.1. The van der Waals surface area contributed by atoms with Gasteiger partial charge in [-0.15, -0.1) is 0 Å². The van der Waals surface area contributed by atoms with Crippen LogP contribution in [-0.4, -0.2) is 18.0 Å². The van der Waals surface area contributed by atoms with Crippen LogP contribution in [0, 0.1) is 17.0 Å². The van der Waals surface area contributed by atoms with Gasteiger partial charge in [-0.2, -0.15) is 0 Å². The number of esters is 1. The molecule has 8 nitrogen and oxygen atoms in total. The van der Waals surface area contributed by atoms with E-state index in [1.54, 1.807) is 18.2 Å². The second-order valence-corrected chi connectivity index (χ2v) is 5.79. The monoisotopic (exact) mass is 369 g/mol. The van der Waals surface area contributed by atoms with Crippen molar-refractivity contribution in [1.82, 2.24) is 0 Å². The minimum atomic E-state index is -0.650. The molecule has 0 saturated carbocycles. The van der Waals surface area contributed by atoms with Crippen LogP contribution in [-0.2, 0) is 11.3 Å². The molecule has 3 aromatic rings. The van der Waals surface area contributed by atoms with E-state index in [1.165, 1.54) is 38.3 Å². The Bertz CT molecular complexity index is 1100.